The van der Waals surface area contributed by atoms with Crippen LogP contribution >= 0.6 is 0 Å². The number of amides is 2. The first-order valence-electron chi connectivity index (χ1n) is 8.93. The standard InChI is InChI=1S/C18H34N2O6/c1-16(2,3)25-14(22)19-10-9-13(21)12-11-24-18(7,8)20(12)15(23)26-17(4,5)6/h12-13,21H,9-11H2,1-8H3,(H,19,22)/t12-,13?/m0/s1. The Kier molecular flexibility index (Phi) is 6.92. The topological polar surface area (TPSA) is 97.3 Å². The van der Waals surface area contributed by atoms with Crippen LogP contribution in [0.25, 0.3) is 0 Å². The van der Waals surface area contributed by atoms with Crippen molar-refractivity contribution in [3.05, 3.63) is 0 Å². The number of carbonyl (C=O) groups is 2. The van der Waals surface area contributed by atoms with Crippen molar-refractivity contribution in [3.8, 4) is 0 Å². The second kappa shape index (κ2) is 8.00. The molecule has 0 saturated carbocycles. The lowest BCUT2D eigenvalue weighted by Crippen LogP contribution is -2.53. The number of ether oxygens (including phenoxy) is 3. The predicted octanol–water partition coefficient (Wildman–Crippen LogP) is 2.63. The summed E-state index contributed by atoms with van der Waals surface area (Å²) in [7, 11) is 0. The van der Waals surface area contributed by atoms with Gasteiger partial charge in [0.05, 0.1) is 18.8 Å². The number of carbonyl (C=O) groups excluding carboxylic acids is 2. The number of rotatable bonds is 4. The molecule has 0 aromatic rings. The molecule has 2 N–H and O–H groups in total. The first-order valence-corrected chi connectivity index (χ1v) is 8.93. The van der Waals surface area contributed by atoms with Gasteiger partial charge in [-0.3, -0.25) is 4.90 Å². The highest BCUT2D eigenvalue weighted by Crippen LogP contribution is 2.31. The second-order valence-electron chi connectivity index (χ2n) is 8.96. The molecule has 0 aliphatic carbocycles. The highest BCUT2D eigenvalue weighted by Gasteiger charge is 2.48. The predicted molar refractivity (Wildman–Crippen MR) is 96.8 cm³/mol. The Labute approximate surface area is 156 Å². The Morgan fingerprint density at radius 1 is 1.19 bits per heavy atom. The molecule has 2 amide bonds. The fourth-order valence-corrected chi connectivity index (χ4v) is 2.61. The fourth-order valence-electron chi connectivity index (χ4n) is 2.61. The summed E-state index contributed by atoms with van der Waals surface area (Å²) in [6.07, 6.45) is -1.71. The molecular weight excluding hydrogens is 340 g/mol. The number of alkyl carbamates (subject to hydrolysis) is 1. The Bertz CT molecular complexity index is 507. The summed E-state index contributed by atoms with van der Waals surface area (Å²) in [6, 6.07) is -0.555. The average molecular weight is 374 g/mol. The molecule has 2 atom stereocenters. The van der Waals surface area contributed by atoms with Gasteiger partial charge in [0, 0.05) is 6.54 Å². The van der Waals surface area contributed by atoms with Crippen molar-refractivity contribution in [2.24, 2.45) is 0 Å². The molecule has 26 heavy (non-hydrogen) atoms. The summed E-state index contributed by atoms with van der Waals surface area (Å²) >= 11 is 0. The second-order valence-corrected chi connectivity index (χ2v) is 8.96. The summed E-state index contributed by atoms with van der Waals surface area (Å²) in [5.74, 6) is 0. The van der Waals surface area contributed by atoms with Gasteiger partial charge >= 0.3 is 12.2 Å². The Hall–Kier alpha value is -1.54. The van der Waals surface area contributed by atoms with Crippen molar-refractivity contribution < 1.29 is 28.9 Å². The molecule has 0 aromatic carbocycles. The van der Waals surface area contributed by atoms with E-state index in [0.29, 0.717) is 0 Å². The molecule has 1 fully saturated rings. The van der Waals surface area contributed by atoms with Crippen molar-refractivity contribution in [2.45, 2.75) is 90.9 Å². The molecule has 1 rings (SSSR count). The number of nitrogens with one attached hydrogen (secondary N) is 1. The fraction of sp³-hybridized carbons (Fsp3) is 0.889. The third-order valence-electron chi connectivity index (χ3n) is 3.66. The van der Waals surface area contributed by atoms with E-state index in [1.165, 1.54) is 4.90 Å². The maximum Gasteiger partial charge on any atom is 0.412 e. The SMILES string of the molecule is CC(C)(C)OC(=O)NCCC(O)[C@@H]1COC(C)(C)N1C(=O)OC(C)(C)C. The molecule has 1 saturated heterocycles. The van der Waals surface area contributed by atoms with Gasteiger partial charge in [0.15, 0.2) is 0 Å². The van der Waals surface area contributed by atoms with E-state index in [9.17, 15) is 14.7 Å². The van der Waals surface area contributed by atoms with E-state index < -0.39 is 41.3 Å². The molecule has 1 aliphatic heterocycles. The molecule has 1 heterocycles. The van der Waals surface area contributed by atoms with Crippen LogP contribution in [0.3, 0.4) is 0 Å². The van der Waals surface area contributed by atoms with Crippen LogP contribution < -0.4 is 5.32 Å². The van der Waals surface area contributed by atoms with E-state index in [2.05, 4.69) is 5.32 Å². The first-order chi connectivity index (χ1) is 11.6. The van der Waals surface area contributed by atoms with Crippen molar-refractivity contribution in [1.82, 2.24) is 10.2 Å². The zero-order valence-electron chi connectivity index (χ0n) is 17.2. The summed E-state index contributed by atoms with van der Waals surface area (Å²) < 4.78 is 16.3. The number of hydrogen-bond acceptors (Lipinski definition) is 6. The quantitative estimate of drug-likeness (QED) is 0.785. The van der Waals surface area contributed by atoms with Crippen LogP contribution in [0.4, 0.5) is 9.59 Å². The minimum Gasteiger partial charge on any atom is -0.444 e. The monoisotopic (exact) mass is 374 g/mol. The minimum absolute atomic E-state index is 0.194. The van der Waals surface area contributed by atoms with Gasteiger partial charge in [0.2, 0.25) is 0 Å². The molecule has 152 valence electrons. The number of nitrogens with zero attached hydrogens (tertiary/aromatic N) is 1. The van der Waals surface area contributed by atoms with Crippen molar-refractivity contribution in [3.63, 3.8) is 0 Å². The van der Waals surface area contributed by atoms with Crippen molar-refractivity contribution in [2.75, 3.05) is 13.2 Å². The lowest BCUT2D eigenvalue weighted by molar-refractivity contribution is -0.0680. The molecule has 8 heteroatoms. The molecule has 8 nitrogen and oxygen atoms in total. The van der Waals surface area contributed by atoms with Gasteiger partial charge in [0.25, 0.3) is 0 Å². The van der Waals surface area contributed by atoms with Gasteiger partial charge in [0.1, 0.15) is 16.9 Å². The van der Waals surface area contributed by atoms with Gasteiger partial charge in [-0.05, 0) is 61.8 Å². The molecular formula is C18H34N2O6. The van der Waals surface area contributed by atoms with E-state index in [1.807, 2.05) is 0 Å². The highest BCUT2D eigenvalue weighted by atomic mass is 16.6. The van der Waals surface area contributed by atoms with E-state index in [0.717, 1.165) is 0 Å². The maximum atomic E-state index is 12.6. The number of aliphatic hydroxyl groups excluding tert-OH is 1. The third kappa shape index (κ3) is 6.99. The Morgan fingerprint density at radius 2 is 1.73 bits per heavy atom. The van der Waals surface area contributed by atoms with E-state index >= 15 is 0 Å². The van der Waals surface area contributed by atoms with Crippen molar-refractivity contribution >= 4 is 12.2 Å². The van der Waals surface area contributed by atoms with Crippen LogP contribution in [-0.2, 0) is 14.2 Å². The summed E-state index contributed by atoms with van der Waals surface area (Å²) in [4.78, 5) is 25.6. The van der Waals surface area contributed by atoms with Crippen LogP contribution in [0, 0.1) is 0 Å². The summed E-state index contributed by atoms with van der Waals surface area (Å²) in [5, 5.41) is 13.1. The molecule has 0 spiro atoms. The van der Waals surface area contributed by atoms with E-state index in [4.69, 9.17) is 14.2 Å². The van der Waals surface area contributed by atoms with Gasteiger partial charge in [-0.25, -0.2) is 9.59 Å². The van der Waals surface area contributed by atoms with Gasteiger partial charge < -0.3 is 24.6 Å². The molecule has 1 aliphatic rings. The smallest absolute Gasteiger partial charge is 0.412 e. The van der Waals surface area contributed by atoms with E-state index in [1.54, 1.807) is 55.4 Å². The normalized spacial score (nSPS) is 21.3. The first kappa shape index (κ1) is 22.5. The van der Waals surface area contributed by atoms with Crippen LogP contribution in [0.5, 0.6) is 0 Å². The van der Waals surface area contributed by atoms with Gasteiger partial charge in [-0.1, -0.05) is 0 Å². The zero-order chi connectivity index (χ0) is 20.3. The van der Waals surface area contributed by atoms with Crippen LogP contribution in [0.2, 0.25) is 0 Å². The molecule has 0 aromatic heterocycles. The molecule has 1 unspecified atom stereocenters. The highest BCUT2D eigenvalue weighted by molar-refractivity contribution is 5.70. The minimum atomic E-state index is -0.882. The Morgan fingerprint density at radius 3 is 2.23 bits per heavy atom. The van der Waals surface area contributed by atoms with Crippen LogP contribution in [0.15, 0.2) is 0 Å². The number of aliphatic hydroxyl groups is 1. The lowest BCUT2D eigenvalue weighted by Gasteiger charge is -2.36. The lowest BCUT2D eigenvalue weighted by atomic mass is 10.1. The summed E-state index contributed by atoms with van der Waals surface area (Å²) in [5.41, 5.74) is -2.12. The van der Waals surface area contributed by atoms with E-state index in [-0.39, 0.29) is 19.6 Å². The summed E-state index contributed by atoms with van der Waals surface area (Å²) in [6.45, 7) is 14.6. The van der Waals surface area contributed by atoms with Crippen LogP contribution in [-0.4, -0.2) is 64.4 Å². The zero-order valence-corrected chi connectivity index (χ0v) is 17.2. The molecule has 0 radical (unpaired) electrons. The number of hydrogen-bond donors (Lipinski definition) is 2. The molecule has 0 bridgehead atoms. The van der Waals surface area contributed by atoms with Gasteiger partial charge in [-0.2, -0.15) is 0 Å². The van der Waals surface area contributed by atoms with Gasteiger partial charge in [-0.15, -0.1) is 0 Å². The largest absolute Gasteiger partial charge is 0.444 e. The van der Waals surface area contributed by atoms with Crippen LogP contribution in [0.1, 0.15) is 61.8 Å². The van der Waals surface area contributed by atoms with Crippen molar-refractivity contribution in [1.29, 1.82) is 0 Å². The Balaban J connectivity index is 2.64. The third-order valence-corrected chi connectivity index (χ3v) is 3.66. The maximum absolute atomic E-state index is 12.6. The average Bonchev–Trinajstić information content (AvgIpc) is 2.70.